The normalized spacial score (nSPS) is 12.0. The van der Waals surface area contributed by atoms with Crippen molar-refractivity contribution >= 4 is 17.9 Å². The molecule has 0 amide bonds. The van der Waals surface area contributed by atoms with Gasteiger partial charge in [0.05, 0.1) is 0 Å². The lowest BCUT2D eigenvalue weighted by molar-refractivity contribution is -0.167. The molecular formula is C73H140O6. The van der Waals surface area contributed by atoms with E-state index in [2.05, 4.69) is 32.9 Å². The maximum absolute atomic E-state index is 12.9. The number of esters is 3. The van der Waals surface area contributed by atoms with Crippen LogP contribution in [0.2, 0.25) is 0 Å². The minimum atomic E-state index is -0.764. The Kier molecular flexibility index (Phi) is 67.0. The molecule has 0 N–H and O–H groups in total. The molecule has 1 unspecified atom stereocenters. The highest BCUT2D eigenvalue weighted by atomic mass is 16.6. The zero-order valence-electron chi connectivity index (χ0n) is 53.9. The van der Waals surface area contributed by atoms with Gasteiger partial charge in [-0.25, -0.2) is 0 Å². The summed E-state index contributed by atoms with van der Waals surface area (Å²) < 4.78 is 17.0. The first-order valence-electron chi connectivity index (χ1n) is 36.2. The third-order valence-electron chi connectivity index (χ3n) is 16.8. The Bertz CT molecular complexity index is 1230. The molecule has 0 aliphatic heterocycles. The first kappa shape index (κ1) is 77.2. The first-order chi connectivity index (χ1) is 39.0. The first-order valence-corrected chi connectivity index (χ1v) is 36.2. The van der Waals surface area contributed by atoms with Crippen molar-refractivity contribution in [3.63, 3.8) is 0 Å². The molecule has 0 aliphatic carbocycles. The van der Waals surface area contributed by atoms with Gasteiger partial charge < -0.3 is 14.2 Å². The molecule has 468 valence electrons. The number of carbonyl (C=O) groups excluding carboxylic acids is 3. The van der Waals surface area contributed by atoms with Crippen LogP contribution < -0.4 is 0 Å². The van der Waals surface area contributed by atoms with Crippen LogP contribution in [0.3, 0.4) is 0 Å². The van der Waals surface area contributed by atoms with Gasteiger partial charge in [-0.3, -0.25) is 14.4 Å². The molecule has 79 heavy (non-hydrogen) atoms. The number of carbonyl (C=O) groups is 3. The molecule has 0 fully saturated rings. The molecule has 0 aromatic heterocycles. The summed E-state index contributed by atoms with van der Waals surface area (Å²) in [5, 5.41) is 0. The fourth-order valence-corrected chi connectivity index (χ4v) is 11.3. The van der Waals surface area contributed by atoms with Crippen LogP contribution in [0.15, 0.2) is 12.2 Å². The third-order valence-corrected chi connectivity index (χ3v) is 16.8. The SMILES string of the molecule is CCCCCCCCCC/C=C\CCCCCCCCCCCCCCCCCCCCCC(=O)OCC(COC(=O)CCCCCCCCCCCCCCCC)OC(=O)CCCCCCCCCCCCCCCCCC. The third kappa shape index (κ3) is 66.8. The topological polar surface area (TPSA) is 78.9 Å². The van der Waals surface area contributed by atoms with E-state index in [1.165, 1.54) is 321 Å². The number of hydrogen-bond donors (Lipinski definition) is 0. The van der Waals surface area contributed by atoms with Gasteiger partial charge in [0.25, 0.3) is 0 Å². The van der Waals surface area contributed by atoms with Gasteiger partial charge in [-0.2, -0.15) is 0 Å². The molecule has 0 bridgehead atoms. The molecule has 0 heterocycles. The van der Waals surface area contributed by atoms with Crippen molar-refractivity contribution in [2.75, 3.05) is 13.2 Å². The molecule has 0 saturated heterocycles. The van der Waals surface area contributed by atoms with E-state index >= 15 is 0 Å². The number of rotatable bonds is 68. The Morgan fingerprint density at radius 3 is 0.633 bits per heavy atom. The van der Waals surface area contributed by atoms with E-state index in [9.17, 15) is 14.4 Å². The van der Waals surface area contributed by atoms with E-state index in [1.54, 1.807) is 0 Å². The van der Waals surface area contributed by atoms with E-state index in [-0.39, 0.29) is 31.1 Å². The van der Waals surface area contributed by atoms with Crippen molar-refractivity contribution in [1.82, 2.24) is 0 Å². The number of ether oxygens (including phenoxy) is 3. The monoisotopic (exact) mass is 1110 g/mol. The fraction of sp³-hybridized carbons (Fsp3) is 0.932. The standard InChI is InChI=1S/C73H140O6/c1-4-7-10-13-16-19-22-25-28-30-31-32-33-34-35-36-37-38-39-40-41-42-43-44-46-48-51-54-57-60-63-66-72(75)78-69-70(68-77-71(74)65-62-59-56-53-50-47-27-24-21-18-15-12-9-6-3)79-73(76)67-64-61-58-55-52-49-45-29-26-23-20-17-14-11-8-5-2/h30-31,70H,4-29,32-69H2,1-3H3/b31-30-. The van der Waals surface area contributed by atoms with Crippen LogP contribution in [0.4, 0.5) is 0 Å². The van der Waals surface area contributed by atoms with Crippen molar-refractivity contribution in [3.05, 3.63) is 12.2 Å². The minimum absolute atomic E-state index is 0.0618. The predicted molar refractivity (Wildman–Crippen MR) is 344 cm³/mol. The lowest BCUT2D eigenvalue weighted by atomic mass is 10.0. The van der Waals surface area contributed by atoms with Crippen LogP contribution in [0.1, 0.15) is 419 Å². The number of allylic oxidation sites excluding steroid dienone is 2. The molecule has 0 rings (SSSR count). The Hall–Kier alpha value is -1.85. The van der Waals surface area contributed by atoms with Gasteiger partial charge in [0, 0.05) is 19.3 Å². The van der Waals surface area contributed by atoms with Crippen LogP contribution in [-0.2, 0) is 28.6 Å². The fourth-order valence-electron chi connectivity index (χ4n) is 11.3. The summed E-state index contributed by atoms with van der Waals surface area (Å²) in [6.45, 7) is 6.73. The summed E-state index contributed by atoms with van der Waals surface area (Å²) in [4.78, 5) is 38.4. The van der Waals surface area contributed by atoms with E-state index in [0.29, 0.717) is 19.3 Å². The van der Waals surface area contributed by atoms with Crippen LogP contribution in [0.25, 0.3) is 0 Å². The molecule has 0 saturated carbocycles. The van der Waals surface area contributed by atoms with Crippen LogP contribution in [0.5, 0.6) is 0 Å². The highest BCUT2D eigenvalue weighted by Crippen LogP contribution is 2.19. The molecule has 0 aromatic rings. The minimum Gasteiger partial charge on any atom is -0.462 e. The lowest BCUT2D eigenvalue weighted by Gasteiger charge is -2.18. The quantitative estimate of drug-likeness (QED) is 0.0261. The van der Waals surface area contributed by atoms with Crippen molar-refractivity contribution in [3.8, 4) is 0 Å². The smallest absolute Gasteiger partial charge is 0.306 e. The van der Waals surface area contributed by atoms with Crippen molar-refractivity contribution in [2.45, 2.75) is 425 Å². The maximum Gasteiger partial charge on any atom is 0.306 e. The van der Waals surface area contributed by atoms with E-state index in [1.807, 2.05) is 0 Å². The van der Waals surface area contributed by atoms with E-state index < -0.39 is 6.10 Å². The second-order valence-electron chi connectivity index (χ2n) is 24.9. The van der Waals surface area contributed by atoms with Gasteiger partial charge in [-0.05, 0) is 44.9 Å². The van der Waals surface area contributed by atoms with Gasteiger partial charge in [0.1, 0.15) is 13.2 Å². The summed E-state index contributed by atoms with van der Waals surface area (Å²) in [5.41, 5.74) is 0. The number of hydrogen-bond acceptors (Lipinski definition) is 6. The Balaban J connectivity index is 4.11. The summed E-state index contributed by atoms with van der Waals surface area (Å²) >= 11 is 0. The number of unbranched alkanes of at least 4 members (excludes halogenated alkanes) is 55. The molecule has 6 nitrogen and oxygen atoms in total. The van der Waals surface area contributed by atoms with Gasteiger partial charge in [-0.15, -0.1) is 0 Å². The Morgan fingerprint density at radius 2 is 0.418 bits per heavy atom. The lowest BCUT2D eigenvalue weighted by Crippen LogP contribution is -2.30. The predicted octanol–water partition coefficient (Wildman–Crippen LogP) is 24.8. The molecule has 0 aliphatic rings. The molecule has 0 radical (unpaired) electrons. The second-order valence-corrected chi connectivity index (χ2v) is 24.9. The summed E-state index contributed by atoms with van der Waals surface area (Å²) in [6, 6.07) is 0. The maximum atomic E-state index is 12.9. The van der Waals surface area contributed by atoms with Crippen LogP contribution >= 0.6 is 0 Å². The van der Waals surface area contributed by atoms with Gasteiger partial charge in [-0.1, -0.05) is 367 Å². The van der Waals surface area contributed by atoms with Gasteiger partial charge >= 0.3 is 17.9 Å². The van der Waals surface area contributed by atoms with Gasteiger partial charge in [0.15, 0.2) is 6.10 Å². The zero-order chi connectivity index (χ0) is 57.1. The highest BCUT2D eigenvalue weighted by molar-refractivity contribution is 5.71. The van der Waals surface area contributed by atoms with Crippen LogP contribution in [0, 0.1) is 0 Å². The van der Waals surface area contributed by atoms with E-state index in [4.69, 9.17) is 14.2 Å². The zero-order valence-corrected chi connectivity index (χ0v) is 53.9. The summed E-state index contributed by atoms with van der Waals surface area (Å²) in [7, 11) is 0. The van der Waals surface area contributed by atoms with Crippen molar-refractivity contribution in [1.29, 1.82) is 0 Å². The molecule has 6 heteroatoms. The molecular weight excluding hydrogens is 973 g/mol. The highest BCUT2D eigenvalue weighted by Gasteiger charge is 2.20. The summed E-state index contributed by atoms with van der Waals surface area (Å²) in [5.74, 6) is -0.825. The molecule has 0 aromatic carbocycles. The molecule has 0 spiro atoms. The Morgan fingerprint density at radius 1 is 0.241 bits per heavy atom. The summed E-state index contributed by atoms with van der Waals surface area (Å²) in [6.07, 6.45) is 82.5. The largest absolute Gasteiger partial charge is 0.462 e. The van der Waals surface area contributed by atoms with Crippen molar-refractivity contribution in [2.24, 2.45) is 0 Å². The van der Waals surface area contributed by atoms with Gasteiger partial charge in [0.2, 0.25) is 0 Å². The van der Waals surface area contributed by atoms with Crippen molar-refractivity contribution < 1.29 is 28.6 Å². The average molecular weight is 1110 g/mol. The molecule has 1 atom stereocenters. The van der Waals surface area contributed by atoms with Crippen LogP contribution in [-0.4, -0.2) is 37.2 Å². The van der Waals surface area contributed by atoms with E-state index in [0.717, 1.165) is 57.8 Å². The average Bonchev–Trinajstić information content (AvgIpc) is 3.45. The Labute approximate surface area is 494 Å². The second kappa shape index (κ2) is 68.6.